The van der Waals surface area contributed by atoms with E-state index in [2.05, 4.69) is 17.2 Å². The molecule has 0 aliphatic carbocycles. The molecule has 2 aromatic rings. The van der Waals surface area contributed by atoms with Crippen molar-refractivity contribution < 1.29 is 9.53 Å². The summed E-state index contributed by atoms with van der Waals surface area (Å²) in [5.74, 6) is 6.41. The average molecular weight is 300 g/mol. The number of hydrogen-bond donors (Lipinski definition) is 2. The van der Waals surface area contributed by atoms with Gasteiger partial charge in [0.2, 0.25) is 0 Å². The van der Waals surface area contributed by atoms with E-state index in [4.69, 9.17) is 10.5 Å². The summed E-state index contributed by atoms with van der Waals surface area (Å²) in [5, 5.41) is 4.69. The zero-order valence-corrected chi connectivity index (χ0v) is 12.5. The van der Waals surface area contributed by atoms with Crippen molar-refractivity contribution in [2.45, 2.75) is 6.54 Å². The number of carbonyl (C=O) groups excluding carboxylic acids is 1. The molecule has 1 amide bonds. The monoisotopic (exact) mass is 300 g/mol. The minimum atomic E-state index is -0.120. The molecule has 0 radical (unpaired) electrons. The van der Waals surface area contributed by atoms with Crippen LogP contribution in [0, 0.1) is 11.8 Å². The first kappa shape index (κ1) is 15.1. The van der Waals surface area contributed by atoms with Gasteiger partial charge in [0.05, 0.1) is 18.5 Å². The normalized spacial score (nSPS) is 9.62. The lowest BCUT2D eigenvalue weighted by molar-refractivity contribution is 0.0954. The van der Waals surface area contributed by atoms with Crippen LogP contribution in [0.15, 0.2) is 35.7 Å². The molecular weight excluding hydrogens is 284 g/mol. The number of nitrogens with two attached hydrogens (primary N) is 1. The number of ether oxygens (including phenoxy) is 1. The van der Waals surface area contributed by atoms with Gasteiger partial charge in [0.1, 0.15) is 5.75 Å². The maximum Gasteiger partial charge on any atom is 0.261 e. The van der Waals surface area contributed by atoms with E-state index in [1.807, 2.05) is 24.3 Å². The molecule has 0 atom stereocenters. The van der Waals surface area contributed by atoms with Gasteiger partial charge >= 0.3 is 0 Å². The van der Waals surface area contributed by atoms with E-state index in [9.17, 15) is 4.79 Å². The summed E-state index contributed by atoms with van der Waals surface area (Å²) < 4.78 is 5.07. The van der Waals surface area contributed by atoms with E-state index in [0.29, 0.717) is 23.7 Å². The number of amides is 1. The van der Waals surface area contributed by atoms with Crippen LogP contribution in [-0.4, -0.2) is 19.6 Å². The molecule has 2 rings (SSSR count). The van der Waals surface area contributed by atoms with E-state index in [-0.39, 0.29) is 5.91 Å². The summed E-state index contributed by atoms with van der Waals surface area (Å²) in [4.78, 5) is 12.7. The Morgan fingerprint density at radius 2 is 2.24 bits per heavy atom. The minimum absolute atomic E-state index is 0.120. The lowest BCUT2D eigenvalue weighted by atomic mass is 10.1. The second-order valence-electron chi connectivity index (χ2n) is 4.20. The molecule has 0 spiro atoms. The van der Waals surface area contributed by atoms with Crippen LogP contribution in [0.1, 0.15) is 20.8 Å². The largest absolute Gasteiger partial charge is 0.496 e. The van der Waals surface area contributed by atoms with Crippen LogP contribution in [0.5, 0.6) is 5.75 Å². The number of rotatable bonds is 4. The maximum atomic E-state index is 12.1. The van der Waals surface area contributed by atoms with Crippen LogP contribution in [0.25, 0.3) is 0 Å². The highest BCUT2D eigenvalue weighted by atomic mass is 32.1. The Morgan fingerprint density at radius 3 is 2.95 bits per heavy atom. The van der Waals surface area contributed by atoms with Gasteiger partial charge in [0.25, 0.3) is 5.91 Å². The fourth-order valence-electron chi connectivity index (χ4n) is 1.75. The van der Waals surface area contributed by atoms with E-state index in [1.165, 1.54) is 11.3 Å². The lowest BCUT2D eigenvalue weighted by Gasteiger charge is -2.06. The number of thiophene rings is 1. The van der Waals surface area contributed by atoms with Crippen LogP contribution in [0.2, 0.25) is 0 Å². The van der Waals surface area contributed by atoms with Crippen LogP contribution in [0.4, 0.5) is 0 Å². The standard InChI is InChI=1S/C16H16N2O2S/c1-20-14-9-15(21-11-14)16(19)18-10-13-6-3-2-5-12(13)7-4-8-17/h2-3,5-6,9,11H,8,10,17H2,1H3,(H,18,19). The highest BCUT2D eigenvalue weighted by Crippen LogP contribution is 2.21. The molecule has 108 valence electrons. The van der Waals surface area contributed by atoms with Crippen molar-refractivity contribution in [3.8, 4) is 17.6 Å². The molecule has 4 nitrogen and oxygen atoms in total. The van der Waals surface area contributed by atoms with Crippen LogP contribution in [0.3, 0.4) is 0 Å². The van der Waals surface area contributed by atoms with Crippen molar-refractivity contribution in [1.29, 1.82) is 0 Å². The summed E-state index contributed by atoms with van der Waals surface area (Å²) in [6.45, 7) is 0.740. The second-order valence-corrected chi connectivity index (χ2v) is 5.11. The third-order valence-electron chi connectivity index (χ3n) is 2.82. The highest BCUT2D eigenvalue weighted by molar-refractivity contribution is 7.12. The molecule has 1 heterocycles. The molecule has 5 heteroatoms. The van der Waals surface area contributed by atoms with Gasteiger partial charge in [-0.15, -0.1) is 11.3 Å². The fraction of sp³-hybridized carbons (Fsp3) is 0.188. The Labute approximate surface area is 127 Å². The highest BCUT2D eigenvalue weighted by Gasteiger charge is 2.09. The number of nitrogens with one attached hydrogen (secondary N) is 1. The number of benzene rings is 1. The smallest absolute Gasteiger partial charge is 0.261 e. The maximum absolute atomic E-state index is 12.1. The first-order chi connectivity index (χ1) is 10.2. The molecule has 0 unspecified atom stereocenters. The summed E-state index contributed by atoms with van der Waals surface area (Å²) >= 11 is 1.35. The third kappa shape index (κ3) is 4.09. The van der Waals surface area contributed by atoms with Gasteiger partial charge in [-0.05, 0) is 11.6 Å². The first-order valence-electron chi connectivity index (χ1n) is 6.42. The molecule has 0 bridgehead atoms. The summed E-state index contributed by atoms with van der Waals surface area (Å²) in [5.41, 5.74) is 7.24. The molecule has 3 N–H and O–H groups in total. The second kappa shape index (κ2) is 7.48. The molecule has 0 aliphatic heterocycles. The van der Waals surface area contributed by atoms with Gasteiger partial charge in [0.15, 0.2) is 0 Å². The minimum Gasteiger partial charge on any atom is -0.496 e. The molecule has 0 saturated carbocycles. The molecule has 1 aromatic carbocycles. The molecule has 0 fully saturated rings. The Bertz CT molecular complexity index is 683. The quantitative estimate of drug-likeness (QED) is 0.849. The van der Waals surface area contributed by atoms with Gasteiger partial charge in [-0.2, -0.15) is 0 Å². The van der Waals surface area contributed by atoms with Gasteiger partial charge in [0, 0.05) is 23.6 Å². The van der Waals surface area contributed by atoms with E-state index in [0.717, 1.165) is 11.1 Å². The summed E-state index contributed by atoms with van der Waals surface area (Å²) in [6, 6.07) is 9.41. The zero-order valence-electron chi connectivity index (χ0n) is 11.7. The van der Waals surface area contributed by atoms with Gasteiger partial charge in [-0.1, -0.05) is 30.0 Å². The SMILES string of the molecule is COc1csc(C(=O)NCc2ccccc2C#CCN)c1. The zero-order chi connectivity index (χ0) is 15.1. The number of carbonyl (C=O) groups is 1. The van der Waals surface area contributed by atoms with Crippen molar-refractivity contribution >= 4 is 17.2 Å². The predicted octanol–water partition coefficient (Wildman–Crippen LogP) is 2.00. The van der Waals surface area contributed by atoms with Crippen LogP contribution >= 0.6 is 11.3 Å². The summed E-state index contributed by atoms with van der Waals surface area (Å²) in [6.07, 6.45) is 0. The van der Waals surface area contributed by atoms with Gasteiger partial charge in [-0.3, -0.25) is 4.79 Å². The van der Waals surface area contributed by atoms with Gasteiger partial charge in [-0.25, -0.2) is 0 Å². The molecule has 21 heavy (non-hydrogen) atoms. The van der Waals surface area contributed by atoms with Crippen molar-refractivity contribution in [3.05, 3.63) is 51.7 Å². The van der Waals surface area contributed by atoms with E-state index >= 15 is 0 Å². The first-order valence-corrected chi connectivity index (χ1v) is 7.30. The van der Waals surface area contributed by atoms with E-state index in [1.54, 1.807) is 18.6 Å². The Morgan fingerprint density at radius 1 is 1.43 bits per heavy atom. The lowest BCUT2D eigenvalue weighted by Crippen LogP contribution is -2.22. The summed E-state index contributed by atoms with van der Waals surface area (Å²) in [7, 11) is 1.58. The Kier molecular flexibility index (Phi) is 5.38. The van der Waals surface area contributed by atoms with E-state index < -0.39 is 0 Å². The molecule has 0 aliphatic rings. The third-order valence-corrected chi connectivity index (χ3v) is 3.72. The average Bonchev–Trinajstić information content (AvgIpc) is 3.00. The van der Waals surface area contributed by atoms with Crippen molar-refractivity contribution in [2.24, 2.45) is 5.73 Å². The Hall–Kier alpha value is -2.29. The molecule has 1 aromatic heterocycles. The topological polar surface area (TPSA) is 64.3 Å². The van der Waals surface area contributed by atoms with Gasteiger partial charge < -0.3 is 15.8 Å². The number of methoxy groups -OCH3 is 1. The number of hydrogen-bond acceptors (Lipinski definition) is 4. The van der Waals surface area contributed by atoms with Crippen LogP contribution in [-0.2, 0) is 6.54 Å². The van der Waals surface area contributed by atoms with Crippen molar-refractivity contribution in [1.82, 2.24) is 5.32 Å². The van der Waals surface area contributed by atoms with Crippen molar-refractivity contribution in [2.75, 3.05) is 13.7 Å². The van der Waals surface area contributed by atoms with Crippen LogP contribution < -0.4 is 15.8 Å². The van der Waals surface area contributed by atoms with Crippen molar-refractivity contribution in [3.63, 3.8) is 0 Å². The Balaban J connectivity index is 2.04. The fourth-order valence-corrected chi connectivity index (χ4v) is 2.52. The predicted molar refractivity (Wildman–Crippen MR) is 84.4 cm³/mol. The molecular formula is C16H16N2O2S. The molecule has 0 saturated heterocycles.